The van der Waals surface area contributed by atoms with Crippen molar-refractivity contribution in [2.45, 2.75) is 38.6 Å². The van der Waals surface area contributed by atoms with E-state index in [1.54, 1.807) is 12.1 Å². The van der Waals surface area contributed by atoms with Gasteiger partial charge in [0, 0.05) is 57.4 Å². The summed E-state index contributed by atoms with van der Waals surface area (Å²) in [5.41, 5.74) is 1.11. The van der Waals surface area contributed by atoms with Gasteiger partial charge in [0.2, 0.25) is 5.91 Å². The summed E-state index contributed by atoms with van der Waals surface area (Å²) in [4.78, 5) is 29.8. The van der Waals surface area contributed by atoms with E-state index in [0.717, 1.165) is 57.7 Å². The number of nitro groups is 1. The molecule has 1 aromatic rings. The molecular weight excluding hydrogens is 344 g/mol. The van der Waals surface area contributed by atoms with E-state index >= 15 is 0 Å². The quantitative estimate of drug-likeness (QED) is 0.585. The minimum Gasteiger partial charge on any atom is -0.342 e. The molecule has 0 N–H and O–H groups in total. The Labute approximate surface area is 161 Å². The van der Waals surface area contributed by atoms with Crippen LogP contribution in [0.2, 0.25) is 0 Å². The highest BCUT2D eigenvalue weighted by atomic mass is 16.6. The van der Waals surface area contributed by atoms with Crippen LogP contribution in [0.1, 0.15) is 44.2 Å². The third-order valence-electron chi connectivity index (χ3n) is 5.84. The number of nitro benzene ring substituents is 1. The van der Waals surface area contributed by atoms with E-state index in [2.05, 4.69) is 16.7 Å². The van der Waals surface area contributed by atoms with E-state index in [1.807, 2.05) is 11.0 Å². The average molecular weight is 374 g/mol. The number of hydrogen-bond donors (Lipinski definition) is 0. The summed E-state index contributed by atoms with van der Waals surface area (Å²) in [6.07, 6.45) is 4.72. The smallest absolute Gasteiger partial charge is 0.269 e. The van der Waals surface area contributed by atoms with E-state index in [9.17, 15) is 14.9 Å². The molecule has 7 nitrogen and oxygen atoms in total. The summed E-state index contributed by atoms with van der Waals surface area (Å²) in [6.45, 7) is 7.88. The number of nitrogens with zero attached hydrogens (tertiary/aromatic N) is 4. The highest BCUT2D eigenvalue weighted by Gasteiger charge is 2.25. The van der Waals surface area contributed by atoms with Crippen molar-refractivity contribution in [2.75, 3.05) is 45.8 Å². The first-order chi connectivity index (χ1) is 13.0. The first-order valence-corrected chi connectivity index (χ1v) is 10.0. The maximum atomic E-state index is 12.6. The van der Waals surface area contributed by atoms with Crippen molar-refractivity contribution in [1.82, 2.24) is 14.7 Å². The molecule has 148 valence electrons. The van der Waals surface area contributed by atoms with Crippen molar-refractivity contribution < 1.29 is 9.72 Å². The van der Waals surface area contributed by atoms with Crippen LogP contribution in [0.3, 0.4) is 0 Å². The van der Waals surface area contributed by atoms with Crippen LogP contribution in [0.4, 0.5) is 5.69 Å². The number of hydrogen-bond acceptors (Lipinski definition) is 5. The summed E-state index contributed by atoms with van der Waals surface area (Å²) in [7, 11) is 0. The predicted molar refractivity (Wildman–Crippen MR) is 105 cm³/mol. The normalized spacial score (nSPS) is 20.9. The third-order valence-corrected chi connectivity index (χ3v) is 5.84. The fourth-order valence-corrected chi connectivity index (χ4v) is 4.03. The van der Waals surface area contributed by atoms with Gasteiger partial charge in [0.05, 0.1) is 11.5 Å². The SMILES string of the molecule is CC(c1cccc([N+](=O)[O-])c1)N1CCN(CC(=O)N2CCCCCC2)CC1. The molecule has 2 heterocycles. The first-order valence-electron chi connectivity index (χ1n) is 10.0. The molecule has 27 heavy (non-hydrogen) atoms. The van der Waals surface area contributed by atoms with Crippen LogP contribution < -0.4 is 0 Å². The lowest BCUT2D eigenvalue weighted by molar-refractivity contribution is -0.385. The minimum atomic E-state index is -0.345. The van der Waals surface area contributed by atoms with Gasteiger partial charge in [-0.15, -0.1) is 0 Å². The van der Waals surface area contributed by atoms with Crippen LogP contribution >= 0.6 is 0 Å². The Morgan fingerprint density at radius 1 is 1.07 bits per heavy atom. The predicted octanol–water partition coefficient (Wildman–Crippen LogP) is 2.68. The van der Waals surface area contributed by atoms with Crippen LogP contribution in [-0.2, 0) is 4.79 Å². The second-order valence-electron chi connectivity index (χ2n) is 7.64. The second-order valence-corrected chi connectivity index (χ2v) is 7.64. The molecule has 0 bridgehead atoms. The number of likely N-dealkylation sites (tertiary alicyclic amines) is 1. The van der Waals surface area contributed by atoms with Crippen molar-refractivity contribution in [3.8, 4) is 0 Å². The highest BCUT2D eigenvalue weighted by Crippen LogP contribution is 2.25. The zero-order chi connectivity index (χ0) is 19.2. The summed E-state index contributed by atoms with van der Waals surface area (Å²) in [5, 5.41) is 11.0. The number of carbonyl (C=O) groups is 1. The summed E-state index contributed by atoms with van der Waals surface area (Å²) in [6, 6.07) is 7.03. The summed E-state index contributed by atoms with van der Waals surface area (Å²) < 4.78 is 0. The zero-order valence-corrected chi connectivity index (χ0v) is 16.2. The fraction of sp³-hybridized carbons (Fsp3) is 0.650. The van der Waals surface area contributed by atoms with Crippen molar-refractivity contribution >= 4 is 11.6 Å². The standard InChI is InChI=1S/C20H30N4O3/c1-17(18-7-6-8-19(15-18)24(26)27)22-13-11-21(12-14-22)16-20(25)23-9-4-2-3-5-10-23/h6-8,15,17H,2-5,9-14,16H2,1H3. The van der Waals surface area contributed by atoms with Crippen LogP contribution in [0.25, 0.3) is 0 Å². The van der Waals surface area contributed by atoms with E-state index in [1.165, 1.54) is 18.9 Å². The molecule has 1 aromatic carbocycles. The molecule has 2 aliphatic heterocycles. The molecule has 0 spiro atoms. The van der Waals surface area contributed by atoms with Gasteiger partial charge < -0.3 is 4.90 Å². The molecule has 0 aliphatic carbocycles. The molecule has 1 unspecified atom stereocenters. The number of amides is 1. The Kier molecular flexibility index (Phi) is 6.79. The molecule has 1 atom stereocenters. The lowest BCUT2D eigenvalue weighted by Gasteiger charge is -2.38. The number of piperazine rings is 1. The minimum absolute atomic E-state index is 0.133. The van der Waals surface area contributed by atoms with Crippen LogP contribution in [-0.4, -0.2) is 71.3 Å². The van der Waals surface area contributed by atoms with Crippen molar-refractivity contribution in [2.24, 2.45) is 0 Å². The van der Waals surface area contributed by atoms with Crippen LogP contribution in [0.5, 0.6) is 0 Å². The molecular formula is C20H30N4O3. The molecule has 7 heteroatoms. The molecule has 3 rings (SSSR count). The molecule has 1 amide bonds. The second kappa shape index (κ2) is 9.28. The van der Waals surface area contributed by atoms with Gasteiger partial charge in [0.1, 0.15) is 0 Å². The van der Waals surface area contributed by atoms with Crippen LogP contribution in [0, 0.1) is 10.1 Å². The lowest BCUT2D eigenvalue weighted by atomic mass is 10.1. The molecule has 2 saturated heterocycles. The summed E-state index contributed by atoms with van der Waals surface area (Å²) in [5.74, 6) is 0.261. The molecule has 0 aromatic heterocycles. The van der Waals surface area contributed by atoms with E-state index < -0.39 is 0 Å². The van der Waals surface area contributed by atoms with Gasteiger partial charge in [-0.3, -0.25) is 24.7 Å². The van der Waals surface area contributed by atoms with Crippen molar-refractivity contribution in [1.29, 1.82) is 0 Å². The highest BCUT2D eigenvalue weighted by molar-refractivity contribution is 5.78. The fourth-order valence-electron chi connectivity index (χ4n) is 4.03. The van der Waals surface area contributed by atoms with Gasteiger partial charge in [-0.25, -0.2) is 0 Å². The van der Waals surface area contributed by atoms with Gasteiger partial charge >= 0.3 is 0 Å². The Morgan fingerprint density at radius 3 is 2.37 bits per heavy atom. The van der Waals surface area contributed by atoms with Gasteiger partial charge in [-0.05, 0) is 25.3 Å². The molecule has 0 radical (unpaired) electrons. The maximum absolute atomic E-state index is 12.6. The number of carbonyl (C=O) groups excluding carboxylic acids is 1. The monoisotopic (exact) mass is 374 g/mol. The largest absolute Gasteiger partial charge is 0.342 e. The Bertz CT molecular complexity index is 650. The van der Waals surface area contributed by atoms with Gasteiger partial charge in [-0.1, -0.05) is 25.0 Å². The van der Waals surface area contributed by atoms with E-state index in [4.69, 9.17) is 0 Å². The number of rotatable bonds is 5. The lowest BCUT2D eigenvalue weighted by Crippen LogP contribution is -2.50. The van der Waals surface area contributed by atoms with Gasteiger partial charge in [0.15, 0.2) is 0 Å². The van der Waals surface area contributed by atoms with Crippen LogP contribution in [0.15, 0.2) is 24.3 Å². The van der Waals surface area contributed by atoms with Crippen molar-refractivity contribution in [3.63, 3.8) is 0 Å². The topological polar surface area (TPSA) is 69.9 Å². The Balaban J connectivity index is 1.50. The Hall–Kier alpha value is -1.99. The first kappa shape index (κ1) is 19.8. The van der Waals surface area contributed by atoms with E-state index in [-0.39, 0.29) is 22.6 Å². The van der Waals surface area contributed by atoms with E-state index in [0.29, 0.717) is 6.54 Å². The summed E-state index contributed by atoms with van der Waals surface area (Å²) >= 11 is 0. The number of non-ortho nitro benzene ring substituents is 1. The molecule has 2 aliphatic rings. The van der Waals surface area contributed by atoms with Crippen molar-refractivity contribution in [3.05, 3.63) is 39.9 Å². The van der Waals surface area contributed by atoms with Gasteiger partial charge in [0.25, 0.3) is 5.69 Å². The molecule has 0 saturated carbocycles. The zero-order valence-electron chi connectivity index (χ0n) is 16.2. The Morgan fingerprint density at radius 2 is 1.74 bits per heavy atom. The van der Waals surface area contributed by atoms with Gasteiger partial charge in [-0.2, -0.15) is 0 Å². The molecule has 2 fully saturated rings. The third kappa shape index (κ3) is 5.26. The number of benzene rings is 1. The average Bonchev–Trinajstić information content (AvgIpc) is 2.98. The maximum Gasteiger partial charge on any atom is 0.269 e.